The monoisotopic (exact) mass is 259 g/mol. The highest BCUT2D eigenvalue weighted by Gasteiger charge is 2.10. The third-order valence-corrected chi connectivity index (χ3v) is 3.16. The number of hydrogen-bond donors (Lipinski definition) is 1. The zero-order valence-electron chi connectivity index (χ0n) is 9.78. The van der Waals surface area contributed by atoms with Crippen molar-refractivity contribution < 1.29 is 0 Å². The van der Waals surface area contributed by atoms with Crippen molar-refractivity contribution in [2.75, 3.05) is 17.2 Å². The van der Waals surface area contributed by atoms with E-state index in [1.807, 2.05) is 30.3 Å². The molecule has 5 nitrogen and oxygen atoms in total. The number of para-hydroxylation sites is 1. The summed E-state index contributed by atoms with van der Waals surface area (Å²) in [5.41, 5.74) is 6.64. The predicted octanol–water partition coefficient (Wildman–Crippen LogP) is 2.04. The van der Waals surface area contributed by atoms with E-state index >= 15 is 0 Å². The fourth-order valence-corrected chi connectivity index (χ4v) is 2.24. The molecule has 0 fully saturated rings. The fourth-order valence-electron chi connectivity index (χ4n) is 1.62. The summed E-state index contributed by atoms with van der Waals surface area (Å²) in [4.78, 5) is 2.10. The maximum atomic E-state index is 8.71. The number of nitrogens with two attached hydrogens (primary N) is 1. The molecule has 1 aromatic carbocycles. The van der Waals surface area contributed by atoms with Crippen LogP contribution in [-0.2, 0) is 6.54 Å². The van der Waals surface area contributed by atoms with Crippen LogP contribution in [0.25, 0.3) is 0 Å². The Balaban J connectivity index is 2.13. The number of nitriles is 1. The maximum Gasteiger partial charge on any atom is 0.203 e. The summed E-state index contributed by atoms with van der Waals surface area (Å²) in [5.74, 6) is 0. The van der Waals surface area contributed by atoms with Gasteiger partial charge in [-0.05, 0) is 12.1 Å². The van der Waals surface area contributed by atoms with Crippen LogP contribution < -0.4 is 10.6 Å². The standard InChI is InChI=1S/C12H13N5S/c13-7-4-8-17(10-5-2-1-3-6-10)9-11-15-16-12(14)18-11/h1-3,5-6H,4,8-9H2,(H2,14,16). The van der Waals surface area contributed by atoms with Crippen molar-refractivity contribution in [3.8, 4) is 6.07 Å². The maximum absolute atomic E-state index is 8.71. The van der Waals surface area contributed by atoms with Gasteiger partial charge in [-0.1, -0.05) is 29.5 Å². The van der Waals surface area contributed by atoms with Crippen LogP contribution in [0.3, 0.4) is 0 Å². The lowest BCUT2D eigenvalue weighted by atomic mass is 10.2. The summed E-state index contributed by atoms with van der Waals surface area (Å²) in [7, 11) is 0. The summed E-state index contributed by atoms with van der Waals surface area (Å²) in [6, 6.07) is 12.1. The quantitative estimate of drug-likeness (QED) is 0.889. The van der Waals surface area contributed by atoms with E-state index in [1.165, 1.54) is 11.3 Å². The number of rotatable bonds is 5. The first kappa shape index (κ1) is 12.3. The van der Waals surface area contributed by atoms with Crippen LogP contribution in [0.5, 0.6) is 0 Å². The molecule has 0 saturated heterocycles. The molecule has 1 heterocycles. The Morgan fingerprint density at radius 2 is 2.06 bits per heavy atom. The molecule has 0 radical (unpaired) electrons. The van der Waals surface area contributed by atoms with E-state index in [0.29, 0.717) is 24.6 Å². The van der Waals surface area contributed by atoms with Crippen molar-refractivity contribution in [2.45, 2.75) is 13.0 Å². The normalized spacial score (nSPS) is 9.94. The Morgan fingerprint density at radius 1 is 1.28 bits per heavy atom. The number of nitrogens with zero attached hydrogens (tertiary/aromatic N) is 4. The molecule has 0 aliphatic heterocycles. The molecule has 0 unspecified atom stereocenters. The molecule has 0 saturated carbocycles. The van der Waals surface area contributed by atoms with Crippen molar-refractivity contribution in [3.63, 3.8) is 0 Å². The van der Waals surface area contributed by atoms with Gasteiger partial charge < -0.3 is 10.6 Å². The van der Waals surface area contributed by atoms with Crippen LogP contribution in [0.4, 0.5) is 10.8 Å². The SMILES string of the molecule is N#CCCN(Cc1nnc(N)s1)c1ccccc1. The first-order chi connectivity index (χ1) is 8.79. The lowest BCUT2D eigenvalue weighted by molar-refractivity contribution is 0.783. The van der Waals surface area contributed by atoms with Gasteiger partial charge in [-0.2, -0.15) is 5.26 Å². The van der Waals surface area contributed by atoms with Gasteiger partial charge in [0.1, 0.15) is 5.01 Å². The van der Waals surface area contributed by atoms with Gasteiger partial charge in [-0.15, -0.1) is 10.2 Å². The Bertz CT molecular complexity index is 531. The van der Waals surface area contributed by atoms with Crippen LogP contribution in [0.1, 0.15) is 11.4 Å². The molecule has 1 aromatic heterocycles. The largest absolute Gasteiger partial charge is 0.374 e. The number of benzene rings is 1. The van der Waals surface area contributed by atoms with Crippen LogP contribution in [0, 0.1) is 11.3 Å². The molecule has 92 valence electrons. The number of nitrogen functional groups attached to an aromatic ring is 1. The van der Waals surface area contributed by atoms with Gasteiger partial charge >= 0.3 is 0 Å². The summed E-state index contributed by atoms with van der Waals surface area (Å²) in [5, 5.41) is 17.8. The Kier molecular flexibility index (Phi) is 4.10. The molecule has 0 spiro atoms. The zero-order chi connectivity index (χ0) is 12.8. The van der Waals surface area contributed by atoms with Crippen LogP contribution in [0.2, 0.25) is 0 Å². The van der Waals surface area contributed by atoms with Crippen molar-refractivity contribution in [2.24, 2.45) is 0 Å². The molecule has 6 heteroatoms. The van der Waals surface area contributed by atoms with Crippen LogP contribution in [-0.4, -0.2) is 16.7 Å². The fraction of sp³-hybridized carbons (Fsp3) is 0.250. The van der Waals surface area contributed by atoms with Gasteiger partial charge in [0.05, 0.1) is 19.0 Å². The molecular formula is C12H13N5S. The Labute approximate surface area is 109 Å². The van der Waals surface area contributed by atoms with Crippen molar-refractivity contribution in [1.82, 2.24) is 10.2 Å². The second-order valence-electron chi connectivity index (χ2n) is 3.70. The highest BCUT2D eigenvalue weighted by Crippen LogP contribution is 2.19. The average Bonchev–Trinajstić information content (AvgIpc) is 2.81. The third kappa shape index (κ3) is 3.18. The lowest BCUT2D eigenvalue weighted by Gasteiger charge is -2.22. The summed E-state index contributed by atoms with van der Waals surface area (Å²) < 4.78 is 0. The Morgan fingerprint density at radius 3 is 2.67 bits per heavy atom. The summed E-state index contributed by atoms with van der Waals surface area (Å²) >= 11 is 1.38. The third-order valence-electron chi connectivity index (χ3n) is 2.42. The molecule has 2 rings (SSSR count). The molecule has 0 atom stereocenters. The van der Waals surface area contributed by atoms with Crippen LogP contribution >= 0.6 is 11.3 Å². The highest BCUT2D eigenvalue weighted by atomic mass is 32.1. The van der Waals surface area contributed by atoms with E-state index in [9.17, 15) is 0 Å². The van der Waals surface area contributed by atoms with Gasteiger partial charge in [0.15, 0.2) is 0 Å². The second-order valence-corrected chi connectivity index (χ2v) is 4.79. The molecule has 0 amide bonds. The molecule has 2 N–H and O–H groups in total. The van der Waals surface area contributed by atoms with Crippen molar-refractivity contribution >= 4 is 22.2 Å². The van der Waals surface area contributed by atoms with Crippen molar-refractivity contribution in [1.29, 1.82) is 5.26 Å². The van der Waals surface area contributed by atoms with Gasteiger partial charge in [0.2, 0.25) is 5.13 Å². The van der Waals surface area contributed by atoms with E-state index in [0.717, 1.165) is 10.7 Å². The van der Waals surface area contributed by atoms with E-state index in [2.05, 4.69) is 21.2 Å². The van der Waals surface area contributed by atoms with E-state index in [4.69, 9.17) is 11.0 Å². The van der Waals surface area contributed by atoms with E-state index in [1.54, 1.807) is 0 Å². The molecule has 0 bridgehead atoms. The highest BCUT2D eigenvalue weighted by molar-refractivity contribution is 7.15. The molecule has 0 aliphatic carbocycles. The van der Waals surface area contributed by atoms with Crippen LogP contribution in [0.15, 0.2) is 30.3 Å². The first-order valence-corrected chi connectivity index (χ1v) is 6.36. The first-order valence-electron chi connectivity index (χ1n) is 5.54. The topological polar surface area (TPSA) is 78.8 Å². The Hall–Kier alpha value is -2.13. The second kappa shape index (κ2) is 5.98. The molecule has 18 heavy (non-hydrogen) atoms. The number of hydrogen-bond acceptors (Lipinski definition) is 6. The van der Waals surface area contributed by atoms with Gasteiger partial charge in [-0.25, -0.2) is 0 Å². The minimum Gasteiger partial charge on any atom is -0.374 e. The molecular weight excluding hydrogens is 246 g/mol. The van der Waals surface area contributed by atoms with Gasteiger partial charge in [-0.3, -0.25) is 0 Å². The average molecular weight is 259 g/mol. The summed E-state index contributed by atoms with van der Waals surface area (Å²) in [6.07, 6.45) is 0.475. The molecule has 2 aromatic rings. The molecule has 0 aliphatic rings. The minimum absolute atomic E-state index is 0.471. The number of anilines is 2. The zero-order valence-corrected chi connectivity index (χ0v) is 10.6. The van der Waals surface area contributed by atoms with Crippen molar-refractivity contribution in [3.05, 3.63) is 35.3 Å². The lowest BCUT2D eigenvalue weighted by Crippen LogP contribution is -2.23. The predicted molar refractivity (Wildman–Crippen MR) is 72.0 cm³/mol. The number of aromatic nitrogens is 2. The summed E-state index contributed by atoms with van der Waals surface area (Å²) in [6.45, 7) is 1.29. The minimum atomic E-state index is 0.471. The van der Waals surface area contributed by atoms with E-state index < -0.39 is 0 Å². The van der Waals surface area contributed by atoms with Gasteiger partial charge in [0, 0.05) is 12.2 Å². The van der Waals surface area contributed by atoms with E-state index in [-0.39, 0.29) is 0 Å². The smallest absolute Gasteiger partial charge is 0.203 e. The van der Waals surface area contributed by atoms with Gasteiger partial charge in [0.25, 0.3) is 0 Å².